The van der Waals surface area contributed by atoms with Gasteiger partial charge in [0.1, 0.15) is 0 Å². The van der Waals surface area contributed by atoms with Crippen LogP contribution in [0.25, 0.3) is 0 Å². The highest BCUT2D eigenvalue weighted by molar-refractivity contribution is 5.27. The summed E-state index contributed by atoms with van der Waals surface area (Å²) in [6, 6.07) is 0. The maximum absolute atomic E-state index is 2.62. The lowest BCUT2D eigenvalue weighted by molar-refractivity contribution is 0.123. The lowest BCUT2D eigenvalue weighted by atomic mass is 9.64. The molecule has 2 fully saturated rings. The minimum absolute atomic E-state index is 0.760. The van der Waals surface area contributed by atoms with Gasteiger partial charge in [-0.05, 0) is 136 Å². The maximum atomic E-state index is 2.62. The summed E-state index contributed by atoms with van der Waals surface area (Å²) in [5.41, 5.74) is 5.13. The highest BCUT2D eigenvalue weighted by Crippen LogP contribution is 2.49. The van der Waals surface area contributed by atoms with Crippen LogP contribution in [-0.2, 0) is 0 Å². The molecule has 0 radical (unpaired) electrons. The van der Waals surface area contributed by atoms with E-state index in [4.69, 9.17) is 0 Å². The van der Waals surface area contributed by atoms with Gasteiger partial charge in [-0.2, -0.15) is 0 Å². The first-order valence-electron chi connectivity index (χ1n) is 16.2. The molecule has 0 aliphatic heterocycles. The molecule has 0 N–H and O–H groups in total. The highest BCUT2D eigenvalue weighted by atomic mass is 14.4. The van der Waals surface area contributed by atoms with Gasteiger partial charge in [-0.25, -0.2) is 0 Å². The molecule has 0 bridgehead atoms. The van der Waals surface area contributed by atoms with Crippen LogP contribution in [0.3, 0.4) is 0 Å². The molecule has 0 saturated heterocycles. The van der Waals surface area contributed by atoms with Gasteiger partial charge in [-0.3, -0.25) is 0 Å². The zero-order valence-corrected chi connectivity index (χ0v) is 24.6. The van der Waals surface area contributed by atoms with Crippen LogP contribution in [0.4, 0.5) is 0 Å². The molecule has 4 aliphatic carbocycles. The van der Waals surface area contributed by atoms with Crippen molar-refractivity contribution in [2.24, 2.45) is 47.3 Å². The molecule has 0 nitrogen and oxygen atoms in total. The van der Waals surface area contributed by atoms with E-state index in [2.05, 4.69) is 65.0 Å². The zero-order chi connectivity index (χ0) is 25.5. The van der Waals surface area contributed by atoms with E-state index in [1.807, 2.05) is 0 Å². The molecule has 202 valence electrons. The van der Waals surface area contributed by atoms with E-state index in [0.717, 1.165) is 47.3 Å². The Labute approximate surface area is 225 Å². The summed E-state index contributed by atoms with van der Waals surface area (Å²) in [6.45, 7) is 12.2. The number of hydrogen-bond acceptors (Lipinski definition) is 0. The normalized spacial score (nSPS) is 33.9. The summed E-state index contributed by atoms with van der Waals surface area (Å²) in [5.74, 6) is 7.10. The number of allylic oxidation sites excluding steroid dienone is 8. The molecule has 0 aromatic carbocycles. The van der Waals surface area contributed by atoms with Crippen LogP contribution < -0.4 is 0 Å². The molecular formula is C36H58. The monoisotopic (exact) mass is 490 g/mol. The van der Waals surface area contributed by atoms with E-state index in [0.29, 0.717) is 0 Å². The van der Waals surface area contributed by atoms with Gasteiger partial charge < -0.3 is 0 Å². The summed E-state index contributed by atoms with van der Waals surface area (Å²) < 4.78 is 0. The van der Waals surface area contributed by atoms with Crippen LogP contribution in [0.5, 0.6) is 0 Å². The molecule has 0 aromatic heterocycles. The average molecular weight is 491 g/mol. The largest absolute Gasteiger partial charge is 0.0806 e. The summed E-state index contributed by atoms with van der Waals surface area (Å²) in [4.78, 5) is 0. The Morgan fingerprint density at radius 1 is 0.889 bits per heavy atom. The van der Waals surface area contributed by atoms with E-state index in [1.165, 1.54) is 96.3 Å². The summed E-state index contributed by atoms with van der Waals surface area (Å²) in [7, 11) is 0. The molecule has 0 heterocycles. The number of rotatable bonds is 10. The second kappa shape index (κ2) is 13.7. The van der Waals surface area contributed by atoms with Gasteiger partial charge >= 0.3 is 0 Å². The smallest absolute Gasteiger partial charge is 0.0160 e. The van der Waals surface area contributed by atoms with Crippen molar-refractivity contribution in [3.05, 3.63) is 47.1 Å². The molecule has 7 atom stereocenters. The predicted octanol–water partition coefficient (Wildman–Crippen LogP) is 11.3. The Morgan fingerprint density at radius 2 is 1.64 bits per heavy atom. The summed E-state index contributed by atoms with van der Waals surface area (Å²) in [5, 5.41) is 0. The molecule has 0 heteroatoms. The van der Waals surface area contributed by atoms with Gasteiger partial charge in [0.15, 0.2) is 0 Å². The van der Waals surface area contributed by atoms with Gasteiger partial charge in [0, 0.05) is 0 Å². The first-order chi connectivity index (χ1) is 17.4. The second-order valence-electron chi connectivity index (χ2n) is 13.8. The van der Waals surface area contributed by atoms with E-state index in [9.17, 15) is 0 Å². The standard InChI is InChI=1S/C36H58/c1-6-7-8-9-29-12-14-30(15-13-29)11-10-27(4)32-18-21-34-25-35(24-28(5)36(34)23-22-32)33-19-16-31(17-20-33)26(2)3/h12,14,16,19-20,26-28,31-32,34-36H,6-11,13,15,17-18,21-25H2,1-5H3. The third-order valence-corrected chi connectivity index (χ3v) is 11.0. The van der Waals surface area contributed by atoms with E-state index in [-0.39, 0.29) is 0 Å². The first-order valence-corrected chi connectivity index (χ1v) is 16.2. The van der Waals surface area contributed by atoms with Crippen molar-refractivity contribution in [2.75, 3.05) is 0 Å². The quantitative estimate of drug-likeness (QED) is 0.267. The van der Waals surface area contributed by atoms with Crippen molar-refractivity contribution in [2.45, 2.75) is 131 Å². The van der Waals surface area contributed by atoms with Crippen molar-refractivity contribution < 1.29 is 0 Å². The lowest BCUT2D eigenvalue weighted by Crippen LogP contribution is -2.31. The molecule has 0 amide bonds. The van der Waals surface area contributed by atoms with Crippen molar-refractivity contribution in [1.82, 2.24) is 0 Å². The van der Waals surface area contributed by atoms with Crippen molar-refractivity contribution >= 4 is 0 Å². The van der Waals surface area contributed by atoms with Crippen molar-refractivity contribution in [3.63, 3.8) is 0 Å². The van der Waals surface area contributed by atoms with E-state index < -0.39 is 0 Å². The van der Waals surface area contributed by atoms with Crippen LogP contribution in [0.15, 0.2) is 47.1 Å². The van der Waals surface area contributed by atoms with Crippen LogP contribution in [-0.4, -0.2) is 0 Å². The van der Waals surface area contributed by atoms with Gasteiger partial charge in [0.2, 0.25) is 0 Å². The number of unbranched alkanes of at least 4 members (excludes halogenated alkanes) is 2. The lowest BCUT2D eigenvalue weighted by Gasteiger charge is -2.41. The van der Waals surface area contributed by atoms with Crippen LogP contribution in [0, 0.1) is 47.3 Å². The van der Waals surface area contributed by atoms with E-state index >= 15 is 0 Å². The molecule has 36 heavy (non-hydrogen) atoms. The minimum Gasteiger partial charge on any atom is -0.0806 e. The van der Waals surface area contributed by atoms with E-state index in [1.54, 1.807) is 16.7 Å². The SMILES string of the molecule is CCCCCC1=CC=C(CCC(C)C2CCC3CC(C4=CCC(C(C)C)C=C4)CC(C)C3CC2)CC1. The molecule has 4 aliphatic rings. The Balaban J connectivity index is 1.25. The van der Waals surface area contributed by atoms with Crippen LogP contribution >= 0.6 is 0 Å². The zero-order valence-electron chi connectivity index (χ0n) is 24.6. The number of fused-ring (bicyclic) bond motifs is 1. The van der Waals surface area contributed by atoms with Crippen LogP contribution in [0.2, 0.25) is 0 Å². The highest BCUT2D eigenvalue weighted by Gasteiger charge is 2.39. The fourth-order valence-electron chi connectivity index (χ4n) is 8.24. The second-order valence-corrected chi connectivity index (χ2v) is 13.8. The molecule has 4 rings (SSSR count). The molecule has 7 unspecified atom stereocenters. The van der Waals surface area contributed by atoms with Crippen LogP contribution in [0.1, 0.15) is 131 Å². The minimum atomic E-state index is 0.760. The Hall–Kier alpha value is -1.04. The number of hydrogen-bond donors (Lipinski definition) is 0. The summed E-state index contributed by atoms with van der Waals surface area (Å²) >= 11 is 0. The third-order valence-electron chi connectivity index (χ3n) is 11.0. The molecule has 0 aromatic rings. The van der Waals surface area contributed by atoms with Crippen molar-refractivity contribution in [1.29, 1.82) is 0 Å². The Bertz CT molecular complexity index is 804. The molecular weight excluding hydrogens is 432 g/mol. The third kappa shape index (κ3) is 7.51. The first kappa shape index (κ1) is 28.0. The van der Waals surface area contributed by atoms with Crippen molar-refractivity contribution in [3.8, 4) is 0 Å². The summed E-state index contributed by atoms with van der Waals surface area (Å²) in [6.07, 6.45) is 33.7. The fourth-order valence-corrected chi connectivity index (χ4v) is 8.24. The fraction of sp³-hybridized carbons (Fsp3) is 0.778. The Kier molecular flexibility index (Phi) is 10.6. The molecule has 2 saturated carbocycles. The maximum Gasteiger partial charge on any atom is -0.0160 e. The molecule has 0 spiro atoms. The topological polar surface area (TPSA) is 0 Å². The average Bonchev–Trinajstić information content (AvgIpc) is 3.11. The van der Waals surface area contributed by atoms with Gasteiger partial charge in [0.05, 0.1) is 0 Å². The van der Waals surface area contributed by atoms with Gasteiger partial charge in [-0.15, -0.1) is 0 Å². The van der Waals surface area contributed by atoms with Gasteiger partial charge in [0.25, 0.3) is 0 Å². The Morgan fingerprint density at radius 3 is 2.31 bits per heavy atom. The van der Waals surface area contributed by atoms with Gasteiger partial charge in [-0.1, -0.05) is 89.0 Å². The predicted molar refractivity (Wildman–Crippen MR) is 159 cm³/mol.